The molecule has 0 spiro atoms. The van der Waals surface area contributed by atoms with Crippen molar-refractivity contribution in [1.29, 1.82) is 0 Å². The van der Waals surface area contributed by atoms with Crippen molar-refractivity contribution < 1.29 is 9.53 Å². The number of thioether (sulfide) groups is 1. The second-order valence-electron chi connectivity index (χ2n) is 6.11. The number of carbonyl (C=O) groups excluding carboxylic acids is 1. The topological polar surface area (TPSA) is 63.2 Å². The van der Waals surface area contributed by atoms with Crippen molar-refractivity contribution in [3.8, 4) is 0 Å². The summed E-state index contributed by atoms with van der Waals surface area (Å²) in [6.45, 7) is 1.79. The third-order valence-electron chi connectivity index (χ3n) is 4.09. The van der Waals surface area contributed by atoms with E-state index in [9.17, 15) is 4.79 Å². The number of pyridine rings is 1. The molecule has 1 aliphatic rings. The molecular weight excluding hydrogens is 405 g/mol. The van der Waals surface area contributed by atoms with Crippen molar-refractivity contribution in [2.45, 2.75) is 23.8 Å². The van der Waals surface area contributed by atoms with E-state index in [0.717, 1.165) is 30.1 Å². The lowest BCUT2D eigenvalue weighted by Crippen LogP contribution is -2.29. The minimum atomic E-state index is -0.0950. The van der Waals surface area contributed by atoms with Gasteiger partial charge in [-0.3, -0.25) is 4.79 Å². The van der Waals surface area contributed by atoms with E-state index in [1.54, 1.807) is 17.8 Å². The third kappa shape index (κ3) is 6.01. The van der Waals surface area contributed by atoms with Crippen molar-refractivity contribution >= 4 is 46.7 Å². The van der Waals surface area contributed by atoms with Crippen LogP contribution in [0.1, 0.15) is 23.2 Å². The summed E-state index contributed by atoms with van der Waals surface area (Å²) in [7, 11) is 0. The number of carbonyl (C=O) groups is 1. The standard InChI is InChI=1S/C19H21Cl2N3O2S/c20-13-10-16(21)18(24-11-13)22-7-8-23-19(25)15-5-1-2-6-17(15)27-12-14-4-3-9-26-14/h1-2,5-6,10-11,14H,3-4,7-9,12H2,(H,22,24)(H,23,25)/t14-/m0/s1. The summed E-state index contributed by atoms with van der Waals surface area (Å²) < 4.78 is 5.66. The third-order valence-corrected chi connectivity index (χ3v) is 5.79. The molecule has 1 amide bonds. The lowest BCUT2D eigenvalue weighted by Gasteiger charge is -2.13. The first-order chi connectivity index (χ1) is 13.1. The Kier molecular flexibility index (Phi) is 7.64. The second-order valence-corrected chi connectivity index (χ2v) is 8.01. The Morgan fingerprint density at radius 2 is 2.15 bits per heavy atom. The van der Waals surface area contributed by atoms with Crippen LogP contribution < -0.4 is 10.6 Å². The predicted molar refractivity (Wildman–Crippen MR) is 111 cm³/mol. The van der Waals surface area contributed by atoms with E-state index in [2.05, 4.69) is 15.6 Å². The molecule has 0 radical (unpaired) electrons. The molecule has 5 nitrogen and oxygen atoms in total. The summed E-state index contributed by atoms with van der Waals surface area (Å²) in [5, 5.41) is 6.94. The second kappa shape index (κ2) is 10.2. The maximum Gasteiger partial charge on any atom is 0.252 e. The van der Waals surface area contributed by atoms with Gasteiger partial charge in [-0.2, -0.15) is 0 Å². The first-order valence-corrected chi connectivity index (χ1v) is 10.5. The Hall–Kier alpha value is -1.47. The summed E-state index contributed by atoms with van der Waals surface area (Å²) in [4.78, 5) is 17.6. The smallest absolute Gasteiger partial charge is 0.252 e. The molecule has 3 rings (SSSR count). The monoisotopic (exact) mass is 425 g/mol. The zero-order chi connectivity index (χ0) is 19.1. The molecule has 144 valence electrons. The molecule has 27 heavy (non-hydrogen) atoms. The number of aromatic nitrogens is 1. The van der Waals surface area contributed by atoms with Gasteiger partial charge in [-0.15, -0.1) is 11.8 Å². The van der Waals surface area contributed by atoms with Gasteiger partial charge >= 0.3 is 0 Å². The van der Waals surface area contributed by atoms with Crippen LogP contribution in [0, 0.1) is 0 Å². The largest absolute Gasteiger partial charge is 0.377 e. The Balaban J connectivity index is 1.48. The van der Waals surface area contributed by atoms with Crippen LogP contribution in [0.25, 0.3) is 0 Å². The summed E-state index contributed by atoms with van der Waals surface area (Å²) in [6, 6.07) is 9.27. The average molecular weight is 426 g/mol. The normalized spacial score (nSPS) is 16.3. The fourth-order valence-electron chi connectivity index (χ4n) is 2.74. The highest BCUT2D eigenvalue weighted by molar-refractivity contribution is 7.99. The van der Waals surface area contributed by atoms with E-state index in [1.807, 2.05) is 24.3 Å². The van der Waals surface area contributed by atoms with Crippen molar-refractivity contribution in [2.75, 3.05) is 30.8 Å². The van der Waals surface area contributed by atoms with Crippen LogP contribution in [0.15, 0.2) is 41.4 Å². The molecule has 2 heterocycles. The molecule has 0 aliphatic carbocycles. The van der Waals surface area contributed by atoms with E-state index in [1.165, 1.54) is 6.20 Å². The van der Waals surface area contributed by atoms with Gasteiger partial charge in [-0.05, 0) is 31.0 Å². The number of anilines is 1. The number of hydrogen-bond donors (Lipinski definition) is 2. The predicted octanol–water partition coefficient (Wildman–Crippen LogP) is 4.50. The van der Waals surface area contributed by atoms with Gasteiger partial charge in [-0.1, -0.05) is 35.3 Å². The quantitative estimate of drug-likeness (QED) is 0.481. The van der Waals surface area contributed by atoms with Crippen LogP contribution >= 0.6 is 35.0 Å². The Morgan fingerprint density at radius 3 is 2.93 bits per heavy atom. The number of halogens is 2. The summed E-state index contributed by atoms with van der Waals surface area (Å²) in [5.74, 6) is 1.32. The minimum Gasteiger partial charge on any atom is -0.377 e. The fourth-order valence-corrected chi connectivity index (χ4v) is 4.30. The van der Waals surface area contributed by atoms with Gasteiger partial charge in [0.2, 0.25) is 0 Å². The van der Waals surface area contributed by atoms with Crippen molar-refractivity contribution in [2.24, 2.45) is 0 Å². The minimum absolute atomic E-state index is 0.0950. The van der Waals surface area contributed by atoms with Gasteiger partial charge in [0.25, 0.3) is 5.91 Å². The molecule has 1 saturated heterocycles. The Bertz CT molecular complexity index is 785. The molecular formula is C19H21Cl2N3O2S. The highest BCUT2D eigenvalue weighted by Gasteiger charge is 2.17. The van der Waals surface area contributed by atoms with Gasteiger partial charge < -0.3 is 15.4 Å². The number of hydrogen-bond acceptors (Lipinski definition) is 5. The number of ether oxygens (including phenoxy) is 1. The van der Waals surface area contributed by atoms with E-state index in [0.29, 0.717) is 34.5 Å². The number of rotatable bonds is 8. The highest BCUT2D eigenvalue weighted by atomic mass is 35.5. The molecule has 0 unspecified atom stereocenters. The van der Waals surface area contributed by atoms with E-state index < -0.39 is 0 Å². The van der Waals surface area contributed by atoms with Gasteiger partial charge in [0.15, 0.2) is 0 Å². The zero-order valence-corrected chi connectivity index (χ0v) is 17.0. The molecule has 0 bridgehead atoms. The molecule has 2 N–H and O–H groups in total. The SMILES string of the molecule is O=C(NCCNc1ncc(Cl)cc1Cl)c1ccccc1SC[C@@H]1CCCO1. The fraction of sp³-hybridized carbons (Fsp3) is 0.368. The number of benzene rings is 1. The first kappa shape index (κ1) is 20.3. The van der Waals surface area contributed by atoms with Crippen LogP contribution in [0.5, 0.6) is 0 Å². The Labute approximate surface area is 173 Å². The average Bonchev–Trinajstić information content (AvgIpc) is 3.18. The number of nitrogens with zero attached hydrogens (tertiary/aromatic N) is 1. The lowest BCUT2D eigenvalue weighted by atomic mass is 10.2. The molecule has 0 saturated carbocycles. The van der Waals surface area contributed by atoms with Gasteiger partial charge in [0.1, 0.15) is 5.82 Å². The molecule has 1 fully saturated rings. The Morgan fingerprint density at radius 1 is 1.30 bits per heavy atom. The van der Waals surface area contributed by atoms with E-state index >= 15 is 0 Å². The van der Waals surface area contributed by atoms with Crippen LogP contribution in [0.2, 0.25) is 10.0 Å². The highest BCUT2D eigenvalue weighted by Crippen LogP contribution is 2.27. The van der Waals surface area contributed by atoms with Crippen LogP contribution in [0.3, 0.4) is 0 Å². The van der Waals surface area contributed by atoms with E-state index in [-0.39, 0.29) is 12.0 Å². The van der Waals surface area contributed by atoms with Gasteiger partial charge in [0.05, 0.1) is 21.7 Å². The molecule has 2 aromatic rings. The van der Waals surface area contributed by atoms with Crippen LogP contribution in [-0.2, 0) is 4.74 Å². The van der Waals surface area contributed by atoms with Crippen LogP contribution in [-0.4, -0.2) is 42.4 Å². The summed E-state index contributed by atoms with van der Waals surface area (Å²) >= 11 is 13.6. The molecule has 8 heteroatoms. The van der Waals surface area contributed by atoms with E-state index in [4.69, 9.17) is 27.9 Å². The van der Waals surface area contributed by atoms with Crippen molar-refractivity contribution in [3.63, 3.8) is 0 Å². The van der Waals surface area contributed by atoms with Crippen LogP contribution in [0.4, 0.5) is 5.82 Å². The number of amides is 1. The lowest BCUT2D eigenvalue weighted by molar-refractivity contribution is 0.0952. The molecule has 1 aromatic heterocycles. The number of nitrogens with one attached hydrogen (secondary N) is 2. The van der Waals surface area contributed by atoms with Gasteiger partial charge in [-0.25, -0.2) is 4.98 Å². The first-order valence-electron chi connectivity index (χ1n) is 8.80. The summed E-state index contributed by atoms with van der Waals surface area (Å²) in [6.07, 6.45) is 4.02. The molecule has 1 aliphatic heterocycles. The zero-order valence-electron chi connectivity index (χ0n) is 14.7. The van der Waals surface area contributed by atoms with Crippen molar-refractivity contribution in [3.05, 3.63) is 52.1 Å². The summed E-state index contributed by atoms with van der Waals surface area (Å²) in [5.41, 5.74) is 0.683. The maximum absolute atomic E-state index is 12.5. The van der Waals surface area contributed by atoms with Crippen molar-refractivity contribution in [1.82, 2.24) is 10.3 Å². The molecule has 1 aromatic carbocycles. The van der Waals surface area contributed by atoms with Gasteiger partial charge in [0, 0.05) is 36.5 Å². The molecule has 1 atom stereocenters. The maximum atomic E-state index is 12.5.